The summed E-state index contributed by atoms with van der Waals surface area (Å²) < 4.78 is 0. The summed E-state index contributed by atoms with van der Waals surface area (Å²) >= 11 is 0. The van der Waals surface area contributed by atoms with Gasteiger partial charge in [0.25, 0.3) is 0 Å². The molecule has 1 N–H and O–H groups in total. The number of ketones is 2. The Bertz CT molecular complexity index is 770. The van der Waals surface area contributed by atoms with Crippen molar-refractivity contribution in [1.29, 1.82) is 0 Å². The molecule has 3 heteroatoms. The predicted octanol–water partition coefficient (Wildman–Crippen LogP) is 4.17. The van der Waals surface area contributed by atoms with Gasteiger partial charge in [0.15, 0.2) is 11.6 Å². The van der Waals surface area contributed by atoms with E-state index >= 15 is 0 Å². The molecule has 0 spiro atoms. The second-order valence-corrected chi connectivity index (χ2v) is 9.35. The van der Waals surface area contributed by atoms with Gasteiger partial charge in [-0.25, -0.2) is 0 Å². The Balaban J connectivity index is 1.75. The van der Waals surface area contributed by atoms with Gasteiger partial charge in [-0.05, 0) is 56.6 Å². The van der Waals surface area contributed by atoms with E-state index in [4.69, 9.17) is 0 Å². The molecule has 0 aromatic heterocycles. The van der Waals surface area contributed by atoms with E-state index in [9.17, 15) is 14.7 Å². The average Bonchev–Trinajstić information content (AvgIpc) is 2.84. The maximum absolute atomic E-state index is 12.7. The number of aliphatic hydroxyl groups is 1. The summed E-state index contributed by atoms with van der Waals surface area (Å²) in [6.45, 7) is 8.45. The summed E-state index contributed by atoms with van der Waals surface area (Å²) in [7, 11) is 0. The first-order valence-electron chi connectivity index (χ1n) is 10.1. The molecule has 2 saturated carbocycles. The number of hydrogen-bond acceptors (Lipinski definition) is 3. The largest absolute Gasteiger partial charge is 0.393 e. The topological polar surface area (TPSA) is 54.4 Å². The van der Waals surface area contributed by atoms with E-state index < -0.39 is 6.10 Å². The maximum Gasteiger partial charge on any atom is 0.178 e. The normalized spacial score (nSPS) is 44.3. The van der Waals surface area contributed by atoms with E-state index in [0.29, 0.717) is 24.7 Å². The van der Waals surface area contributed by atoms with Gasteiger partial charge in [-0.3, -0.25) is 9.59 Å². The summed E-state index contributed by atoms with van der Waals surface area (Å²) in [6.07, 6.45) is 9.16. The van der Waals surface area contributed by atoms with Crippen LogP contribution < -0.4 is 0 Å². The second-order valence-electron chi connectivity index (χ2n) is 9.35. The van der Waals surface area contributed by atoms with Crippen LogP contribution in [0.15, 0.2) is 34.9 Å². The molecular weight excluding hydrogens is 324 g/mol. The Morgan fingerprint density at radius 2 is 2.08 bits per heavy atom. The lowest BCUT2D eigenvalue weighted by molar-refractivity contribution is -0.122. The molecule has 0 radical (unpaired) electrons. The molecule has 26 heavy (non-hydrogen) atoms. The number of Topliss-reactive ketones (excluding diaryl/α,β-unsaturated/α-hetero) is 1. The molecule has 4 aliphatic carbocycles. The van der Waals surface area contributed by atoms with E-state index in [-0.39, 0.29) is 28.3 Å². The fourth-order valence-corrected chi connectivity index (χ4v) is 6.99. The highest BCUT2D eigenvalue weighted by atomic mass is 16.3. The lowest BCUT2D eigenvalue weighted by Gasteiger charge is -2.58. The van der Waals surface area contributed by atoms with Gasteiger partial charge < -0.3 is 5.11 Å². The van der Waals surface area contributed by atoms with Crippen molar-refractivity contribution in [2.24, 2.45) is 28.6 Å². The Hall–Kier alpha value is -1.48. The molecule has 2 fully saturated rings. The van der Waals surface area contributed by atoms with Gasteiger partial charge in [-0.2, -0.15) is 0 Å². The summed E-state index contributed by atoms with van der Waals surface area (Å²) in [5.74, 6) is 1.27. The molecule has 140 valence electrons. The second kappa shape index (κ2) is 5.76. The fourth-order valence-electron chi connectivity index (χ4n) is 6.99. The van der Waals surface area contributed by atoms with Gasteiger partial charge in [-0.1, -0.05) is 38.0 Å². The minimum absolute atomic E-state index is 0.0697. The molecule has 4 aliphatic rings. The quantitative estimate of drug-likeness (QED) is 0.810. The molecule has 0 heterocycles. The summed E-state index contributed by atoms with van der Waals surface area (Å²) in [5, 5.41) is 11.3. The van der Waals surface area contributed by atoms with Crippen LogP contribution in [0.2, 0.25) is 0 Å². The number of carbonyl (C=O) groups excluding carboxylic acids is 2. The molecule has 5 unspecified atom stereocenters. The minimum atomic E-state index is -0.446. The lowest BCUT2D eigenvalue weighted by atomic mass is 9.47. The van der Waals surface area contributed by atoms with Crippen LogP contribution in [0.4, 0.5) is 0 Å². The smallest absolute Gasteiger partial charge is 0.178 e. The van der Waals surface area contributed by atoms with Gasteiger partial charge >= 0.3 is 0 Å². The molecule has 6 atom stereocenters. The van der Waals surface area contributed by atoms with Crippen molar-refractivity contribution < 1.29 is 14.7 Å². The third-order valence-electron chi connectivity index (χ3n) is 8.01. The number of hydrogen-bond donors (Lipinski definition) is 1. The zero-order valence-electron chi connectivity index (χ0n) is 16.3. The average molecular weight is 354 g/mol. The minimum Gasteiger partial charge on any atom is -0.393 e. The Morgan fingerprint density at radius 3 is 2.77 bits per heavy atom. The highest BCUT2D eigenvalue weighted by Gasteiger charge is 2.61. The van der Waals surface area contributed by atoms with Crippen LogP contribution in [0.1, 0.15) is 59.8 Å². The number of carbonyl (C=O) groups is 2. The van der Waals surface area contributed by atoms with Crippen molar-refractivity contribution in [1.82, 2.24) is 0 Å². The monoisotopic (exact) mass is 354 g/mol. The van der Waals surface area contributed by atoms with Crippen molar-refractivity contribution in [3.8, 4) is 0 Å². The van der Waals surface area contributed by atoms with Gasteiger partial charge in [0.1, 0.15) is 0 Å². The zero-order valence-corrected chi connectivity index (χ0v) is 16.3. The van der Waals surface area contributed by atoms with Crippen molar-refractivity contribution in [3.63, 3.8) is 0 Å². The van der Waals surface area contributed by atoms with E-state index in [1.54, 1.807) is 12.2 Å². The first kappa shape index (κ1) is 17.9. The van der Waals surface area contributed by atoms with Crippen LogP contribution in [0, 0.1) is 28.6 Å². The highest BCUT2D eigenvalue weighted by Crippen LogP contribution is 2.65. The fraction of sp³-hybridized carbons (Fsp3) is 0.652. The zero-order chi connectivity index (χ0) is 18.9. The van der Waals surface area contributed by atoms with Crippen LogP contribution in [0.25, 0.3) is 0 Å². The number of aliphatic hydroxyl groups excluding tert-OH is 1. The highest BCUT2D eigenvalue weighted by molar-refractivity contribution is 6.01. The Labute approximate surface area is 156 Å². The van der Waals surface area contributed by atoms with Crippen LogP contribution in [-0.2, 0) is 9.59 Å². The van der Waals surface area contributed by atoms with Crippen molar-refractivity contribution >= 4 is 11.6 Å². The van der Waals surface area contributed by atoms with E-state index in [1.807, 2.05) is 13.0 Å². The van der Waals surface area contributed by atoms with Gasteiger partial charge in [0, 0.05) is 28.7 Å². The Morgan fingerprint density at radius 1 is 1.35 bits per heavy atom. The van der Waals surface area contributed by atoms with Gasteiger partial charge in [0.2, 0.25) is 0 Å². The van der Waals surface area contributed by atoms with Crippen molar-refractivity contribution in [2.75, 3.05) is 0 Å². The van der Waals surface area contributed by atoms with E-state index in [0.717, 1.165) is 24.8 Å². The molecule has 0 bridgehead atoms. The van der Waals surface area contributed by atoms with Crippen LogP contribution in [0.3, 0.4) is 0 Å². The molecule has 0 aromatic carbocycles. The van der Waals surface area contributed by atoms with E-state index in [1.165, 1.54) is 11.1 Å². The lowest BCUT2D eigenvalue weighted by Crippen LogP contribution is -2.55. The third kappa shape index (κ3) is 2.22. The van der Waals surface area contributed by atoms with Gasteiger partial charge in [0.05, 0.1) is 6.10 Å². The summed E-state index contributed by atoms with van der Waals surface area (Å²) in [4.78, 5) is 24.5. The molecule has 3 nitrogen and oxygen atoms in total. The molecule has 0 amide bonds. The van der Waals surface area contributed by atoms with E-state index in [2.05, 4.69) is 20.8 Å². The van der Waals surface area contributed by atoms with Crippen LogP contribution in [-0.4, -0.2) is 22.8 Å². The maximum atomic E-state index is 12.7. The Kier molecular flexibility index (Phi) is 3.97. The standard InChI is InChI=1S/C23H30O3/c1-5-18(25)20-13(2)10-17-16-7-6-14-11-15(24)8-9-22(14,3)21(16)19(26)12-23(17,20)4/h8-9,11,16-17,19,21,26H,5-7,10,12H2,1-4H3/t16?,17?,19?,21-,22?,23?/m1/s1. The number of rotatable bonds is 2. The summed E-state index contributed by atoms with van der Waals surface area (Å²) in [5.41, 5.74) is 2.98. The molecule has 0 aliphatic heterocycles. The first-order valence-corrected chi connectivity index (χ1v) is 10.1. The van der Waals surface area contributed by atoms with Crippen LogP contribution in [0.5, 0.6) is 0 Å². The predicted molar refractivity (Wildman–Crippen MR) is 101 cm³/mol. The van der Waals surface area contributed by atoms with Crippen LogP contribution >= 0.6 is 0 Å². The summed E-state index contributed by atoms with van der Waals surface area (Å²) in [6, 6.07) is 0. The molecule has 4 rings (SSSR count). The van der Waals surface area contributed by atoms with Crippen molar-refractivity contribution in [2.45, 2.75) is 65.9 Å². The molecule has 0 aromatic rings. The SMILES string of the molecule is CCC(=O)C1=C(C)CC2C3CCC4=CC(=O)C=CC4(C)[C@H]3C(O)CC12C. The first-order chi connectivity index (χ1) is 12.2. The molecular formula is C23H30O3. The number of fused-ring (bicyclic) bond motifs is 5. The molecule has 0 saturated heterocycles. The van der Waals surface area contributed by atoms with Gasteiger partial charge in [-0.15, -0.1) is 0 Å². The number of allylic oxidation sites excluding steroid dienone is 6. The van der Waals surface area contributed by atoms with Crippen molar-refractivity contribution in [3.05, 3.63) is 34.9 Å². The third-order valence-corrected chi connectivity index (χ3v) is 8.01.